The summed E-state index contributed by atoms with van der Waals surface area (Å²) in [6.45, 7) is 3.05. The predicted molar refractivity (Wildman–Crippen MR) is 104 cm³/mol. The number of thiazole rings is 1. The molecule has 26 heavy (non-hydrogen) atoms. The molecule has 0 atom stereocenters. The van der Waals surface area contributed by atoms with Crippen LogP contribution in [0.3, 0.4) is 0 Å². The number of carbonyl (C=O) groups excluding carboxylic acids is 1. The molecule has 1 N–H and O–H groups in total. The molecule has 0 radical (unpaired) electrons. The lowest BCUT2D eigenvalue weighted by molar-refractivity contribution is -0.111. The summed E-state index contributed by atoms with van der Waals surface area (Å²) in [5.74, 6) is -0.290. The topological polar surface area (TPSA) is 79.4 Å². The summed E-state index contributed by atoms with van der Waals surface area (Å²) in [6.07, 6.45) is 5.93. The third kappa shape index (κ3) is 4.57. The van der Waals surface area contributed by atoms with Crippen molar-refractivity contribution in [3.05, 3.63) is 46.4 Å². The van der Waals surface area contributed by atoms with Crippen LogP contribution in [0.1, 0.15) is 30.0 Å². The van der Waals surface area contributed by atoms with Gasteiger partial charge in [-0.3, -0.25) is 4.79 Å². The smallest absolute Gasteiger partial charge is 0.248 e. The van der Waals surface area contributed by atoms with Crippen LogP contribution in [0.5, 0.6) is 0 Å². The molecule has 8 heteroatoms. The number of hydrogen-bond donors (Lipinski definition) is 1. The SMILES string of the molecule is Cc1nc(C=CC(=O)Nc2ccc(S(=O)(=O)N3CCCCC3)cc2)cs1. The average molecular weight is 392 g/mol. The first kappa shape index (κ1) is 18.8. The van der Waals surface area contributed by atoms with Crippen molar-refractivity contribution in [2.24, 2.45) is 0 Å². The van der Waals surface area contributed by atoms with E-state index in [4.69, 9.17) is 0 Å². The highest BCUT2D eigenvalue weighted by Crippen LogP contribution is 2.22. The van der Waals surface area contributed by atoms with E-state index in [2.05, 4.69) is 10.3 Å². The lowest BCUT2D eigenvalue weighted by Crippen LogP contribution is -2.35. The van der Waals surface area contributed by atoms with Gasteiger partial charge >= 0.3 is 0 Å². The molecule has 0 saturated carbocycles. The molecule has 1 fully saturated rings. The van der Waals surface area contributed by atoms with E-state index in [0.29, 0.717) is 18.8 Å². The number of rotatable bonds is 5. The quantitative estimate of drug-likeness (QED) is 0.794. The Labute approximate surface area is 157 Å². The van der Waals surface area contributed by atoms with E-state index < -0.39 is 10.0 Å². The zero-order chi connectivity index (χ0) is 18.6. The van der Waals surface area contributed by atoms with Gasteiger partial charge in [-0.25, -0.2) is 13.4 Å². The predicted octanol–water partition coefficient (Wildman–Crippen LogP) is 3.28. The second-order valence-corrected chi connectivity index (χ2v) is 9.10. The van der Waals surface area contributed by atoms with Gasteiger partial charge in [0.15, 0.2) is 0 Å². The highest BCUT2D eigenvalue weighted by Gasteiger charge is 2.25. The zero-order valence-corrected chi connectivity index (χ0v) is 16.1. The second-order valence-electron chi connectivity index (χ2n) is 6.10. The number of anilines is 1. The fourth-order valence-electron chi connectivity index (χ4n) is 2.77. The van der Waals surface area contributed by atoms with Gasteiger partial charge in [-0.1, -0.05) is 6.42 Å². The van der Waals surface area contributed by atoms with Crippen molar-refractivity contribution in [3.8, 4) is 0 Å². The van der Waals surface area contributed by atoms with Crippen molar-refractivity contribution in [1.29, 1.82) is 0 Å². The molecule has 6 nitrogen and oxygen atoms in total. The Morgan fingerprint density at radius 2 is 1.88 bits per heavy atom. The number of piperidine rings is 1. The Bertz CT molecular complexity index is 896. The van der Waals surface area contributed by atoms with Crippen LogP contribution in [0.15, 0.2) is 40.6 Å². The van der Waals surface area contributed by atoms with Crippen molar-refractivity contribution < 1.29 is 13.2 Å². The van der Waals surface area contributed by atoms with Crippen molar-refractivity contribution >= 4 is 39.0 Å². The third-order valence-electron chi connectivity index (χ3n) is 4.12. The Morgan fingerprint density at radius 1 is 1.19 bits per heavy atom. The summed E-state index contributed by atoms with van der Waals surface area (Å²) < 4.78 is 26.7. The number of amides is 1. The van der Waals surface area contributed by atoms with Crippen LogP contribution in [-0.2, 0) is 14.8 Å². The van der Waals surface area contributed by atoms with Gasteiger partial charge in [-0.2, -0.15) is 4.31 Å². The Hall–Kier alpha value is -2.03. The van der Waals surface area contributed by atoms with Gasteiger partial charge < -0.3 is 5.32 Å². The molecule has 1 aromatic carbocycles. The molecule has 1 aliphatic heterocycles. The summed E-state index contributed by atoms with van der Waals surface area (Å²) in [7, 11) is -3.45. The Balaban J connectivity index is 1.63. The number of nitrogens with zero attached hydrogens (tertiary/aromatic N) is 2. The van der Waals surface area contributed by atoms with E-state index in [1.54, 1.807) is 18.2 Å². The summed E-state index contributed by atoms with van der Waals surface area (Å²) in [6, 6.07) is 6.28. The van der Waals surface area contributed by atoms with Gasteiger partial charge in [-0.05, 0) is 50.1 Å². The summed E-state index contributed by atoms with van der Waals surface area (Å²) >= 11 is 1.52. The number of nitrogens with one attached hydrogen (secondary N) is 1. The van der Waals surface area contributed by atoms with Gasteiger partial charge in [-0.15, -0.1) is 11.3 Å². The molecular formula is C18H21N3O3S2. The molecule has 2 aromatic rings. The highest BCUT2D eigenvalue weighted by molar-refractivity contribution is 7.89. The van der Waals surface area contributed by atoms with Gasteiger partial charge in [0.1, 0.15) is 0 Å². The summed E-state index contributed by atoms with van der Waals surface area (Å²) in [5, 5.41) is 5.53. The van der Waals surface area contributed by atoms with Crippen LogP contribution in [0.25, 0.3) is 6.08 Å². The fourth-order valence-corrected chi connectivity index (χ4v) is 4.86. The monoisotopic (exact) mass is 391 g/mol. The normalized spacial score (nSPS) is 16.0. The summed E-state index contributed by atoms with van der Waals surface area (Å²) in [5.41, 5.74) is 1.29. The van der Waals surface area contributed by atoms with Crippen LogP contribution >= 0.6 is 11.3 Å². The molecule has 1 amide bonds. The van der Waals surface area contributed by atoms with Crippen LogP contribution in [-0.4, -0.2) is 36.7 Å². The number of aromatic nitrogens is 1. The Kier molecular flexibility index (Phi) is 5.85. The first-order valence-electron chi connectivity index (χ1n) is 8.46. The standard InChI is InChI=1S/C18H21N3O3S2/c1-14-19-16(13-25-14)7-10-18(22)20-15-5-8-17(9-6-15)26(23,24)21-11-3-2-4-12-21/h5-10,13H,2-4,11-12H2,1H3,(H,20,22). The summed E-state index contributed by atoms with van der Waals surface area (Å²) in [4.78, 5) is 16.5. The first-order valence-corrected chi connectivity index (χ1v) is 10.8. The number of carbonyl (C=O) groups is 1. The molecule has 1 aliphatic rings. The van der Waals surface area contributed by atoms with Gasteiger partial charge in [0.2, 0.25) is 15.9 Å². The van der Waals surface area contributed by atoms with Gasteiger partial charge in [0.05, 0.1) is 15.6 Å². The van der Waals surface area contributed by atoms with Crippen LogP contribution in [0.4, 0.5) is 5.69 Å². The van der Waals surface area contributed by atoms with Gasteiger partial charge in [0.25, 0.3) is 0 Å². The van der Waals surface area contributed by atoms with Crippen LogP contribution in [0, 0.1) is 6.92 Å². The third-order valence-corrected chi connectivity index (χ3v) is 6.82. The minimum atomic E-state index is -3.45. The molecule has 0 spiro atoms. The maximum Gasteiger partial charge on any atom is 0.248 e. The lowest BCUT2D eigenvalue weighted by Gasteiger charge is -2.25. The molecule has 1 saturated heterocycles. The molecule has 0 bridgehead atoms. The van der Waals surface area contributed by atoms with Crippen LogP contribution in [0.2, 0.25) is 0 Å². The van der Waals surface area contributed by atoms with Gasteiger partial charge in [0, 0.05) is 30.2 Å². The minimum absolute atomic E-state index is 0.255. The number of aryl methyl sites for hydroxylation is 1. The molecule has 0 unspecified atom stereocenters. The molecular weight excluding hydrogens is 370 g/mol. The minimum Gasteiger partial charge on any atom is -0.323 e. The molecule has 0 aliphatic carbocycles. The first-order chi connectivity index (χ1) is 12.4. The number of sulfonamides is 1. The van der Waals surface area contributed by atoms with E-state index in [1.165, 1.54) is 33.9 Å². The van der Waals surface area contributed by atoms with Crippen molar-refractivity contribution in [1.82, 2.24) is 9.29 Å². The molecule has 3 rings (SSSR count). The van der Waals surface area contributed by atoms with Crippen molar-refractivity contribution in [2.45, 2.75) is 31.1 Å². The molecule has 2 heterocycles. The highest BCUT2D eigenvalue weighted by atomic mass is 32.2. The number of hydrogen-bond acceptors (Lipinski definition) is 5. The molecule has 1 aromatic heterocycles. The van der Waals surface area contributed by atoms with E-state index in [-0.39, 0.29) is 10.8 Å². The van der Waals surface area contributed by atoms with Crippen LogP contribution < -0.4 is 5.32 Å². The van der Waals surface area contributed by atoms with E-state index >= 15 is 0 Å². The average Bonchev–Trinajstić information content (AvgIpc) is 3.06. The fraction of sp³-hybridized carbons (Fsp3) is 0.333. The maximum atomic E-state index is 12.6. The lowest BCUT2D eigenvalue weighted by atomic mass is 10.2. The van der Waals surface area contributed by atoms with E-state index in [1.807, 2.05) is 12.3 Å². The van der Waals surface area contributed by atoms with Crippen molar-refractivity contribution in [3.63, 3.8) is 0 Å². The molecule has 138 valence electrons. The van der Waals surface area contributed by atoms with E-state index in [0.717, 1.165) is 30.0 Å². The van der Waals surface area contributed by atoms with E-state index in [9.17, 15) is 13.2 Å². The zero-order valence-electron chi connectivity index (χ0n) is 14.5. The maximum absolute atomic E-state index is 12.6. The Morgan fingerprint density at radius 3 is 2.50 bits per heavy atom. The second kappa shape index (κ2) is 8.11. The van der Waals surface area contributed by atoms with Crippen molar-refractivity contribution in [2.75, 3.05) is 18.4 Å². The number of benzene rings is 1. The largest absolute Gasteiger partial charge is 0.323 e.